The van der Waals surface area contributed by atoms with E-state index in [2.05, 4.69) is 9.71 Å². The zero-order valence-corrected chi connectivity index (χ0v) is 12.3. The van der Waals surface area contributed by atoms with Crippen LogP contribution in [0.25, 0.3) is 0 Å². The first kappa shape index (κ1) is 16.9. The van der Waals surface area contributed by atoms with Gasteiger partial charge in [0.25, 0.3) is 0 Å². The Labute approximate surface area is 123 Å². The summed E-state index contributed by atoms with van der Waals surface area (Å²) in [6.07, 6.45) is 0.713. The fourth-order valence-corrected chi connectivity index (χ4v) is 2.91. The molecule has 0 aliphatic carbocycles. The Bertz CT molecular complexity index is 597. The smallest absolute Gasteiger partial charge is 0.338 e. The van der Waals surface area contributed by atoms with Crippen molar-refractivity contribution >= 4 is 21.9 Å². The summed E-state index contributed by atoms with van der Waals surface area (Å²) >= 11 is 0. The highest BCUT2D eigenvalue weighted by molar-refractivity contribution is 7.89. The highest BCUT2D eigenvalue weighted by Gasteiger charge is 2.23. The van der Waals surface area contributed by atoms with Crippen LogP contribution < -0.4 is 26.9 Å². The molecule has 0 bridgehead atoms. The van der Waals surface area contributed by atoms with Gasteiger partial charge in [0.15, 0.2) is 0 Å². The lowest BCUT2D eigenvalue weighted by Crippen LogP contribution is -2.78. The van der Waals surface area contributed by atoms with Crippen molar-refractivity contribution in [2.75, 3.05) is 6.54 Å². The third kappa shape index (κ3) is 5.79. The van der Waals surface area contributed by atoms with E-state index in [9.17, 15) is 13.2 Å². The highest BCUT2D eigenvalue weighted by Crippen LogP contribution is 2.09. The molecule has 1 aromatic rings. The Balaban J connectivity index is 2.70. The van der Waals surface area contributed by atoms with Gasteiger partial charge in [-0.3, -0.25) is 21.3 Å². The molecule has 1 unspecified atom stereocenters. The van der Waals surface area contributed by atoms with Crippen molar-refractivity contribution in [1.29, 1.82) is 0 Å². The summed E-state index contributed by atoms with van der Waals surface area (Å²) in [5.41, 5.74) is 15.7. The fourth-order valence-electron chi connectivity index (χ4n) is 1.65. The van der Waals surface area contributed by atoms with Crippen molar-refractivity contribution in [2.45, 2.75) is 23.8 Å². The fraction of sp³-hybridized carbons (Fsp3) is 0.333. The van der Waals surface area contributed by atoms with E-state index in [0.29, 0.717) is 13.0 Å². The average molecular weight is 314 g/mol. The van der Waals surface area contributed by atoms with Crippen molar-refractivity contribution in [2.24, 2.45) is 17.2 Å². The first-order chi connectivity index (χ1) is 9.83. The molecule has 116 valence electrons. The Morgan fingerprint density at radius 2 is 1.81 bits per heavy atom. The summed E-state index contributed by atoms with van der Waals surface area (Å²) in [5, 5.41) is 0. The molecule has 8 N–H and O–H groups in total. The average Bonchev–Trinajstić information content (AvgIpc) is 2.42. The van der Waals surface area contributed by atoms with Gasteiger partial charge in [0.05, 0.1) is 11.4 Å². The number of carbonyl (C=O) groups is 1. The van der Waals surface area contributed by atoms with Crippen LogP contribution in [-0.2, 0) is 14.8 Å². The molecule has 0 heterocycles. The van der Waals surface area contributed by atoms with Crippen molar-refractivity contribution < 1.29 is 18.2 Å². The van der Waals surface area contributed by atoms with Crippen LogP contribution in [0.2, 0.25) is 0 Å². The van der Waals surface area contributed by atoms with Gasteiger partial charge < -0.3 is 5.73 Å². The number of carbonyl (C=O) groups excluding carboxylic acids is 1. The third-order valence-corrected chi connectivity index (χ3v) is 4.18. The molecule has 0 fully saturated rings. The second-order valence-electron chi connectivity index (χ2n) is 4.41. The number of benzene rings is 1. The van der Waals surface area contributed by atoms with Crippen LogP contribution in [0.15, 0.2) is 35.2 Å². The minimum atomic E-state index is -3.78. The van der Waals surface area contributed by atoms with Crippen molar-refractivity contribution in [1.82, 2.24) is 4.72 Å². The number of amides is 1. The Hall–Kier alpha value is -2.13. The summed E-state index contributed by atoms with van der Waals surface area (Å²) in [4.78, 5) is 14.1. The molecule has 0 saturated heterocycles. The van der Waals surface area contributed by atoms with E-state index in [1.165, 1.54) is 12.1 Å². The first-order valence-electron chi connectivity index (χ1n) is 6.31. The van der Waals surface area contributed by atoms with Crippen LogP contribution >= 0.6 is 0 Å². The topological polar surface area (TPSA) is 155 Å². The molecule has 21 heavy (non-hydrogen) atoms. The number of rotatable bonds is 8. The standard InChI is InChI=1S/C12H19N5O3S/c13-11(18)10(7-4-8-16-12(14)15)17-21(19,20)9-5-2-1-3-6-9/h1-3,5-6,10,17H,4,7-8H2,(H2,13,18)(H4,14,15,16)/p+1. The molecule has 1 atom stereocenters. The molecule has 0 aliphatic heterocycles. The van der Waals surface area contributed by atoms with Crippen LogP contribution in [0.3, 0.4) is 0 Å². The Kier molecular flexibility index (Phi) is 6.12. The summed E-state index contributed by atoms with van der Waals surface area (Å²) in [6.45, 7) is 0.416. The van der Waals surface area contributed by atoms with Gasteiger partial charge in [-0.15, -0.1) is 0 Å². The summed E-state index contributed by atoms with van der Waals surface area (Å²) in [6, 6.07) is 6.77. The number of hydrogen-bond acceptors (Lipinski definition) is 3. The van der Waals surface area contributed by atoms with E-state index in [0.717, 1.165) is 0 Å². The molecule has 8 nitrogen and oxygen atoms in total. The predicted octanol–water partition coefficient (Wildman–Crippen LogP) is -3.05. The van der Waals surface area contributed by atoms with Gasteiger partial charge in [-0.2, -0.15) is 4.72 Å². The molecule has 0 aromatic heterocycles. The molecule has 1 aromatic carbocycles. The van der Waals surface area contributed by atoms with Gasteiger partial charge in [-0.05, 0) is 25.0 Å². The maximum Gasteiger partial charge on any atom is 0.338 e. The lowest BCUT2D eigenvalue weighted by Gasteiger charge is -2.15. The minimum Gasteiger partial charge on any atom is -0.368 e. The third-order valence-electron chi connectivity index (χ3n) is 2.69. The molecule has 9 heteroatoms. The van der Waals surface area contributed by atoms with E-state index < -0.39 is 22.0 Å². The van der Waals surface area contributed by atoms with E-state index in [-0.39, 0.29) is 17.3 Å². The van der Waals surface area contributed by atoms with Gasteiger partial charge in [0.2, 0.25) is 15.9 Å². The van der Waals surface area contributed by atoms with Crippen molar-refractivity contribution in [3.05, 3.63) is 30.3 Å². The summed E-state index contributed by atoms with van der Waals surface area (Å²) < 4.78 is 26.5. The molecular formula is C12H20N5O3S+. The van der Waals surface area contributed by atoms with Gasteiger partial charge >= 0.3 is 5.96 Å². The number of primary amides is 1. The number of nitrogens with one attached hydrogen (secondary N) is 2. The van der Waals surface area contributed by atoms with Crippen LogP contribution in [0, 0.1) is 0 Å². The van der Waals surface area contributed by atoms with Gasteiger partial charge in [0, 0.05) is 0 Å². The zero-order chi connectivity index (χ0) is 15.9. The quantitative estimate of drug-likeness (QED) is 0.196. The minimum absolute atomic E-state index is 0.0653. The maximum atomic E-state index is 12.1. The van der Waals surface area contributed by atoms with Gasteiger partial charge in [0.1, 0.15) is 6.04 Å². The van der Waals surface area contributed by atoms with E-state index >= 15 is 0 Å². The van der Waals surface area contributed by atoms with Crippen molar-refractivity contribution in [3.8, 4) is 0 Å². The normalized spacial score (nSPS) is 12.6. The highest BCUT2D eigenvalue weighted by atomic mass is 32.2. The molecular weight excluding hydrogens is 294 g/mol. The number of hydrogen-bond donors (Lipinski definition) is 5. The van der Waals surface area contributed by atoms with Gasteiger partial charge in [-0.1, -0.05) is 18.2 Å². The lowest BCUT2D eigenvalue weighted by molar-refractivity contribution is -0.459. The molecule has 0 saturated carbocycles. The number of nitrogens with two attached hydrogens (primary N) is 3. The van der Waals surface area contributed by atoms with Crippen molar-refractivity contribution in [3.63, 3.8) is 0 Å². The molecule has 1 rings (SSSR count). The Morgan fingerprint density at radius 1 is 1.19 bits per heavy atom. The summed E-state index contributed by atoms with van der Waals surface area (Å²) in [7, 11) is -3.78. The predicted molar refractivity (Wildman–Crippen MR) is 78.2 cm³/mol. The first-order valence-corrected chi connectivity index (χ1v) is 7.79. The largest absolute Gasteiger partial charge is 0.368 e. The van der Waals surface area contributed by atoms with Crippen LogP contribution in [0.4, 0.5) is 0 Å². The molecule has 0 radical (unpaired) electrons. The van der Waals surface area contributed by atoms with E-state index in [1.54, 1.807) is 18.2 Å². The molecule has 1 amide bonds. The van der Waals surface area contributed by atoms with E-state index in [1.807, 2.05) is 0 Å². The maximum absolute atomic E-state index is 12.1. The lowest BCUT2D eigenvalue weighted by atomic mass is 10.1. The van der Waals surface area contributed by atoms with Crippen LogP contribution in [0.1, 0.15) is 12.8 Å². The monoisotopic (exact) mass is 314 g/mol. The van der Waals surface area contributed by atoms with Crippen LogP contribution in [0.5, 0.6) is 0 Å². The number of guanidine groups is 1. The second-order valence-corrected chi connectivity index (χ2v) is 6.13. The zero-order valence-electron chi connectivity index (χ0n) is 11.5. The Morgan fingerprint density at radius 3 is 2.33 bits per heavy atom. The molecule has 0 aliphatic rings. The SMILES string of the molecule is NC(=O)C(CCC[NH+]=C(N)N)NS(=O)(=O)c1ccccc1. The van der Waals surface area contributed by atoms with Crippen LogP contribution in [-0.4, -0.2) is 32.9 Å². The molecule has 0 spiro atoms. The van der Waals surface area contributed by atoms with Gasteiger partial charge in [-0.25, -0.2) is 8.42 Å². The summed E-state index contributed by atoms with van der Waals surface area (Å²) in [5.74, 6) is -0.672. The number of sulfonamides is 1. The second kappa shape index (κ2) is 7.60. The van der Waals surface area contributed by atoms with E-state index in [4.69, 9.17) is 17.2 Å².